The molecule has 1 saturated carbocycles. The maximum absolute atomic E-state index is 13.9. The number of hydrogen-bond acceptors (Lipinski definition) is 7. The summed E-state index contributed by atoms with van der Waals surface area (Å²) in [5, 5.41) is 8.79. The first-order valence-corrected chi connectivity index (χ1v) is 17.1. The number of nitrogens with zero attached hydrogens (tertiary/aromatic N) is 2. The Balaban J connectivity index is 1.19. The Morgan fingerprint density at radius 3 is 2.41 bits per heavy atom. The molecule has 3 aromatic rings. The SMILES string of the molecule is CN1C(=O)C2(CC2)NC(=O)CC[C@@H](C(=O)NCc2cccc(CN3CCOCC3)c2)NC(=O)c2ccccc2OC[C@@H]1Cc1ccccc1. The molecule has 1 spiro atoms. The van der Waals surface area contributed by atoms with Gasteiger partial charge in [0.25, 0.3) is 5.91 Å². The Bertz CT molecular complexity index is 1640. The third-order valence-electron chi connectivity index (χ3n) is 9.53. The van der Waals surface area contributed by atoms with Gasteiger partial charge in [0.15, 0.2) is 0 Å². The molecule has 2 aliphatic heterocycles. The maximum atomic E-state index is 13.9. The van der Waals surface area contributed by atoms with Crippen LogP contribution in [0.2, 0.25) is 0 Å². The number of likely N-dealkylation sites (N-methyl/N-ethyl adjacent to an activating group) is 1. The zero-order valence-electron chi connectivity index (χ0n) is 28.0. The first-order chi connectivity index (χ1) is 23.8. The Labute approximate surface area is 287 Å². The highest BCUT2D eigenvalue weighted by molar-refractivity contribution is 6.00. The van der Waals surface area contributed by atoms with Gasteiger partial charge in [0.05, 0.1) is 24.8 Å². The van der Waals surface area contributed by atoms with Crippen molar-refractivity contribution in [3.63, 3.8) is 0 Å². The molecule has 1 aliphatic carbocycles. The van der Waals surface area contributed by atoms with E-state index < -0.39 is 23.4 Å². The lowest BCUT2D eigenvalue weighted by Gasteiger charge is -2.32. The molecule has 258 valence electrons. The predicted molar refractivity (Wildman–Crippen MR) is 184 cm³/mol. The number of para-hydroxylation sites is 1. The zero-order chi connectivity index (χ0) is 34.2. The molecule has 0 unspecified atom stereocenters. The van der Waals surface area contributed by atoms with Gasteiger partial charge in [-0.2, -0.15) is 0 Å². The molecular weight excluding hydrogens is 622 g/mol. The van der Waals surface area contributed by atoms with E-state index in [0.717, 1.165) is 49.5 Å². The summed E-state index contributed by atoms with van der Waals surface area (Å²) in [6.45, 7) is 4.39. The Morgan fingerprint density at radius 1 is 0.918 bits per heavy atom. The van der Waals surface area contributed by atoms with Gasteiger partial charge >= 0.3 is 0 Å². The molecule has 6 rings (SSSR count). The molecule has 0 bridgehead atoms. The van der Waals surface area contributed by atoms with Crippen LogP contribution in [0.4, 0.5) is 0 Å². The van der Waals surface area contributed by atoms with Crippen LogP contribution in [0.15, 0.2) is 78.9 Å². The van der Waals surface area contributed by atoms with Gasteiger partial charge in [-0.15, -0.1) is 0 Å². The topological polar surface area (TPSA) is 129 Å². The summed E-state index contributed by atoms with van der Waals surface area (Å²) in [5.41, 5.74) is 2.39. The highest BCUT2D eigenvalue weighted by Gasteiger charge is 2.53. The number of carbonyl (C=O) groups excluding carboxylic acids is 4. The van der Waals surface area contributed by atoms with Crippen LogP contribution in [0.3, 0.4) is 0 Å². The number of nitrogens with one attached hydrogen (secondary N) is 3. The summed E-state index contributed by atoms with van der Waals surface area (Å²) < 4.78 is 11.7. The van der Waals surface area contributed by atoms with Crippen molar-refractivity contribution in [2.75, 3.05) is 40.0 Å². The summed E-state index contributed by atoms with van der Waals surface area (Å²) in [7, 11) is 1.74. The zero-order valence-corrected chi connectivity index (χ0v) is 28.0. The van der Waals surface area contributed by atoms with Gasteiger partial charge < -0.3 is 30.3 Å². The molecule has 11 heteroatoms. The summed E-state index contributed by atoms with van der Waals surface area (Å²) >= 11 is 0. The van der Waals surface area contributed by atoms with E-state index in [1.165, 1.54) is 0 Å². The average Bonchev–Trinajstić information content (AvgIpc) is 3.91. The largest absolute Gasteiger partial charge is 0.491 e. The van der Waals surface area contributed by atoms with Crippen molar-refractivity contribution >= 4 is 23.6 Å². The lowest BCUT2D eigenvalue weighted by molar-refractivity contribution is -0.139. The number of rotatable bonds is 7. The Kier molecular flexibility index (Phi) is 10.9. The van der Waals surface area contributed by atoms with Crippen LogP contribution < -0.4 is 20.7 Å². The number of amides is 4. The molecule has 3 N–H and O–H groups in total. The lowest BCUT2D eigenvalue weighted by Crippen LogP contribution is -2.54. The number of fused-ring (bicyclic) bond motifs is 1. The quantitative estimate of drug-likeness (QED) is 0.354. The Hall–Kier alpha value is -4.74. The number of morpholine rings is 1. The highest BCUT2D eigenvalue weighted by Crippen LogP contribution is 2.38. The van der Waals surface area contributed by atoms with Gasteiger partial charge in [-0.25, -0.2) is 0 Å². The van der Waals surface area contributed by atoms with E-state index in [0.29, 0.717) is 25.0 Å². The molecule has 0 radical (unpaired) electrons. The third-order valence-corrected chi connectivity index (χ3v) is 9.53. The second kappa shape index (κ2) is 15.7. The minimum Gasteiger partial charge on any atom is -0.491 e. The van der Waals surface area contributed by atoms with E-state index in [9.17, 15) is 19.2 Å². The van der Waals surface area contributed by atoms with Crippen molar-refractivity contribution < 1.29 is 28.7 Å². The van der Waals surface area contributed by atoms with Gasteiger partial charge in [0, 0.05) is 39.6 Å². The first kappa shape index (κ1) is 34.1. The summed E-state index contributed by atoms with van der Waals surface area (Å²) in [6.07, 6.45) is 1.61. The van der Waals surface area contributed by atoms with Crippen LogP contribution in [0, 0.1) is 0 Å². The number of hydrogen-bond donors (Lipinski definition) is 3. The summed E-state index contributed by atoms with van der Waals surface area (Å²) in [6, 6.07) is 23.4. The van der Waals surface area contributed by atoms with E-state index in [-0.39, 0.29) is 49.4 Å². The Morgan fingerprint density at radius 2 is 1.63 bits per heavy atom. The highest BCUT2D eigenvalue weighted by atomic mass is 16.5. The summed E-state index contributed by atoms with van der Waals surface area (Å²) in [5.74, 6) is -1.05. The number of carbonyl (C=O) groups is 4. The minimum absolute atomic E-state index is 0.0439. The normalized spacial score (nSPS) is 21.7. The van der Waals surface area contributed by atoms with E-state index >= 15 is 0 Å². The van der Waals surface area contributed by atoms with E-state index in [1.54, 1.807) is 36.2 Å². The van der Waals surface area contributed by atoms with Gasteiger partial charge in [0.1, 0.15) is 23.9 Å². The molecule has 3 aliphatic rings. The average molecular weight is 668 g/mol. The molecular formula is C38H45N5O6. The molecule has 4 amide bonds. The maximum Gasteiger partial charge on any atom is 0.255 e. The van der Waals surface area contributed by atoms with Crippen molar-refractivity contribution in [2.24, 2.45) is 0 Å². The van der Waals surface area contributed by atoms with E-state index in [2.05, 4.69) is 33.0 Å². The standard InChI is InChI=1S/C38H45N5O6/c1-42-30(23-27-8-3-2-4-9-27)26-49-33-13-6-5-12-31(33)35(45)40-32(14-15-34(44)41-38(16-17-38)37(42)47)36(46)39-24-28-10-7-11-29(22-28)25-43-18-20-48-21-19-43/h2-13,22,30,32H,14-21,23-26H2,1H3,(H,39,46)(H,40,45)(H,41,44)/t30-,32-/m0/s1. The van der Waals surface area contributed by atoms with Gasteiger partial charge in [-0.05, 0) is 54.5 Å². The van der Waals surface area contributed by atoms with Crippen LogP contribution in [0.25, 0.3) is 0 Å². The van der Waals surface area contributed by atoms with Crippen molar-refractivity contribution in [3.8, 4) is 5.75 Å². The fraction of sp³-hybridized carbons (Fsp3) is 0.421. The fourth-order valence-corrected chi connectivity index (χ4v) is 6.46. The molecule has 2 fully saturated rings. The number of ether oxygens (including phenoxy) is 2. The van der Waals surface area contributed by atoms with Crippen LogP contribution in [0.5, 0.6) is 5.75 Å². The number of benzene rings is 3. The monoisotopic (exact) mass is 667 g/mol. The molecule has 2 heterocycles. The van der Waals surface area contributed by atoms with Crippen LogP contribution in [0.1, 0.15) is 52.7 Å². The van der Waals surface area contributed by atoms with Gasteiger partial charge in [-0.3, -0.25) is 24.1 Å². The minimum atomic E-state index is -0.993. The van der Waals surface area contributed by atoms with Gasteiger partial charge in [-0.1, -0.05) is 66.7 Å². The smallest absolute Gasteiger partial charge is 0.255 e. The predicted octanol–water partition coefficient (Wildman–Crippen LogP) is 2.82. The van der Waals surface area contributed by atoms with Crippen LogP contribution in [-0.2, 0) is 38.6 Å². The van der Waals surface area contributed by atoms with Gasteiger partial charge in [0.2, 0.25) is 17.7 Å². The van der Waals surface area contributed by atoms with Crippen molar-refractivity contribution in [3.05, 3.63) is 101 Å². The first-order valence-electron chi connectivity index (χ1n) is 17.1. The molecule has 49 heavy (non-hydrogen) atoms. The second-order valence-corrected chi connectivity index (χ2v) is 13.2. The van der Waals surface area contributed by atoms with Crippen molar-refractivity contribution in [2.45, 2.75) is 62.8 Å². The molecule has 0 aromatic heterocycles. The van der Waals surface area contributed by atoms with Crippen LogP contribution in [-0.4, -0.2) is 91.0 Å². The van der Waals surface area contributed by atoms with E-state index in [4.69, 9.17) is 9.47 Å². The second-order valence-electron chi connectivity index (χ2n) is 13.2. The molecule has 1 saturated heterocycles. The summed E-state index contributed by atoms with van der Waals surface area (Å²) in [4.78, 5) is 58.4. The van der Waals surface area contributed by atoms with E-state index in [1.807, 2.05) is 42.5 Å². The molecule has 2 atom stereocenters. The molecule has 3 aromatic carbocycles. The van der Waals surface area contributed by atoms with Crippen molar-refractivity contribution in [1.82, 2.24) is 25.8 Å². The lowest BCUT2D eigenvalue weighted by atomic mass is 10.0. The molecule has 11 nitrogen and oxygen atoms in total. The van der Waals surface area contributed by atoms with Crippen molar-refractivity contribution in [1.29, 1.82) is 0 Å². The fourth-order valence-electron chi connectivity index (χ4n) is 6.46. The third kappa shape index (κ3) is 8.84. The van der Waals surface area contributed by atoms with Crippen LogP contribution >= 0.6 is 0 Å².